The van der Waals surface area contributed by atoms with Crippen LogP contribution in [0.3, 0.4) is 0 Å². The average molecular weight is 225 g/mol. The van der Waals surface area contributed by atoms with E-state index in [1.165, 1.54) is 0 Å². The van der Waals surface area contributed by atoms with Gasteiger partial charge in [-0.2, -0.15) is 0 Å². The van der Waals surface area contributed by atoms with Gasteiger partial charge in [0.1, 0.15) is 0 Å². The zero-order valence-corrected chi connectivity index (χ0v) is 9.96. The zero-order chi connectivity index (χ0) is 11.4. The molecule has 1 rings (SSSR count). The van der Waals surface area contributed by atoms with Crippen LogP contribution in [0.2, 0.25) is 5.02 Å². The lowest BCUT2D eigenvalue weighted by Gasteiger charge is -2.21. The fourth-order valence-corrected chi connectivity index (χ4v) is 1.62. The normalized spacial score (nSPS) is 12.8. The summed E-state index contributed by atoms with van der Waals surface area (Å²) in [7, 11) is 4.04. The van der Waals surface area contributed by atoms with Gasteiger partial charge in [0.05, 0.1) is 0 Å². The third-order valence-electron chi connectivity index (χ3n) is 2.27. The lowest BCUT2D eigenvalue weighted by atomic mass is 9.96. The van der Waals surface area contributed by atoms with Crippen LogP contribution >= 0.6 is 11.6 Å². The Morgan fingerprint density at radius 2 is 1.93 bits per heavy atom. The van der Waals surface area contributed by atoms with E-state index >= 15 is 0 Å². The number of halogens is 1. The maximum Gasteiger partial charge on any atom is 0.0406 e. The number of hydrogen-bond donors (Lipinski definition) is 1. The summed E-state index contributed by atoms with van der Waals surface area (Å²) in [5.74, 6) is 0.164. The van der Waals surface area contributed by atoms with Crippen molar-refractivity contribution < 1.29 is 0 Å². The van der Waals surface area contributed by atoms with Crippen molar-refractivity contribution in [3.63, 3.8) is 0 Å². The first kappa shape index (κ1) is 12.1. The molecule has 0 fully saturated rings. The molecule has 2 nitrogen and oxygen atoms in total. The summed E-state index contributed by atoms with van der Waals surface area (Å²) in [6, 6.07) is 7.74. The first-order chi connectivity index (χ1) is 7.00. The van der Waals surface area contributed by atoms with Crippen molar-refractivity contribution >= 4 is 11.6 Å². The molecule has 2 N–H and O–H groups in total. The summed E-state index contributed by atoms with van der Waals surface area (Å²) in [4.78, 5) is 2.09. The second kappa shape index (κ2) is 5.19. The monoisotopic (exact) mass is 224 g/mol. The van der Waals surface area contributed by atoms with E-state index in [1.807, 2.05) is 38.4 Å². The Morgan fingerprint density at radius 1 is 1.40 bits per heavy atom. The highest BCUT2D eigenvalue weighted by molar-refractivity contribution is 6.30. The van der Waals surface area contributed by atoms with Crippen molar-refractivity contribution in [2.45, 2.75) is 5.92 Å². The van der Waals surface area contributed by atoms with Crippen LogP contribution in [-0.4, -0.2) is 25.5 Å². The van der Waals surface area contributed by atoms with Crippen LogP contribution in [0.4, 0.5) is 0 Å². The first-order valence-corrected chi connectivity index (χ1v) is 5.23. The molecule has 3 heteroatoms. The highest BCUT2D eigenvalue weighted by Gasteiger charge is 2.13. The van der Waals surface area contributed by atoms with Crippen LogP contribution in [0.5, 0.6) is 0 Å². The van der Waals surface area contributed by atoms with Gasteiger partial charge in [0.15, 0.2) is 0 Å². The highest BCUT2D eigenvalue weighted by Crippen LogP contribution is 2.22. The number of nitrogens with zero attached hydrogens (tertiary/aromatic N) is 1. The molecule has 0 radical (unpaired) electrons. The van der Waals surface area contributed by atoms with Gasteiger partial charge in [-0.25, -0.2) is 0 Å². The molecule has 0 spiro atoms. The van der Waals surface area contributed by atoms with E-state index in [0.29, 0.717) is 5.70 Å². The Hall–Kier alpha value is -0.990. The van der Waals surface area contributed by atoms with Crippen molar-refractivity contribution in [3.8, 4) is 0 Å². The van der Waals surface area contributed by atoms with Crippen molar-refractivity contribution in [1.82, 2.24) is 4.90 Å². The predicted molar refractivity (Wildman–Crippen MR) is 66.1 cm³/mol. The van der Waals surface area contributed by atoms with E-state index in [-0.39, 0.29) is 5.92 Å². The molecule has 0 bridgehead atoms. The fourth-order valence-electron chi connectivity index (χ4n) is 1.50. The van der Waals surface area contributed by atoms with Gasteiger partial charge in [0, 0.05) is 23.2 Å². The summed E-state index contributed by atoms with van der Waals surface area (Å²) < 4.78 is 0. The molecule has 1 aromatic carbocycles. The molecule has 0 unspecified atom stereocenters. The minimum Gasteiger partial charge on any atom is -0.402 e. The molecule has 0 aromatic heterocycles. The van der Waals surface area contributed by atoms with Gasteiger partial charge < -0.3 is 10.6 Å². The zero-order valence-electron chi connectivity index (χ0n) is 9.20. The van der Waals surface area contributed by atoms with Gasteiger partial charge in [-0.1, -0.05) is 30.3 Å². The largest absolute Gasteiger partial charge is 0.402 e. The molecule has 0 aliphatic carbocycles. The number of likely N-dealkylation sites (N-methyl/N-ethyl adjacent to an activating group) is 1. The molecule has 0 amide bonds. The van der Waals surface area contributed by atoms with Crippen molar-refractivity contribution in [1.29, 1.82) is 0 Å². The number of rotatable bonds is 4. The number of nitrogens with two attached hydrogens (primary N) is 1. The fraction of sp³-hybridized carbons (Fsp3) is 0.333. The van der Waals surface area contributed by atoms with E-state index in [9.17, 15) is 0 Å². The lowest BCUT2D eigenvalue weighted by Crippen LogP contribution is -2.24. The molecule has 0 aliphatic rings. The molecule has 0 saturated heterocycles. The minimum atomic E-state index is 0.164. The van der Waals surface area contributed by atoms with Crippen molar-refractivity contribution in [2.75, 3.05) is 20.6 Å². The second-order valence-corrected chi connectivity index (χ2v) is 4.38. The lowest BCUT2D eigenvalue weighted by molar-refractivity contribution is 0.389. The molecule has 82 valence electrons. The second-order valence-electron chi connectivity index (χ2n) is 3.94. The van der Waals surface area contributed by atoms with Gasteiger partial charge in [0.2, 0.25) is 0 Å². The standard InChI is InChI=1S/C12H17ClN2/c1-9(14)12(8-15(2)3)10-4-6-11(13)7-5-10/h4-7,12H,1,8,14H2,2-3H3/t12-/m0/s1. The molecule has 0 aliphatic heterocycles. The maximum atomic E-state index is 5.84. The van der Waals surface area contributed by atoms with Gasteiger partial charge in [-0.15, -0.1) is 0 Å². The van der Waals surface area contributed by atoms with Crippen LogP contribution in [-0.2, 0) is 0 Å². The Bertz CT molecular complexity index is 330. The predicted octanol–water partition coefficient (Wildman–Crippen LogP) is 2.46. The van der Waals surface area contributed by atoms with E-state index in [4.69, 9.17) is 17.3 Å². The molecular weight excluding hydrogens is 208 g/mol. The maximum absolute atomic E-state index is 5.84. The highest BCUT2D eigenvalue weighted by atomic mass is 35.5. The average Bonchev–Trinajstić information content (AvgIpc) is 2.15. The van der Waals surface area contributed by atoms with E-state index < -0.39 is 0 Å². The third-order valence-corrected chi connectivity index (χ3v) is 2.52. The smallest absolute Gasteiger partial charge is 0.0406 e. The molecule has 0 heterocycles. The summed E-state index contributed by atoms with van der Waals surface area (Å²) in [5.41, 5.74) is 7.64. The van der Waals surface area contributed by atoms with Gasteiger partial charge in [-0.3, -0.25) is 0 Å². The quantitative estimate of drug-likeness (QED) is 0.852. The minimum absolute atomic E-state index is 0.164. The summed E-state index contributed by atoms with van der Waals surface area (Å²) in [6.07, 6.45) is 0. The van der Waals surface area contributed by atoms with Crippen LogP contribution in [0.1, 0.15) is 11.5 Å². The molecular formula is C12H17ClN2. The van der Waals surface area contributed by atoms with Gasteiger partial charge in [-0.05, 0) is 31.8 Å². The Kier molecular flexibility index (Phi) is 4.18. The molecule has 0 saturated carbocycles. The summed E-state index contributed by atoms with van der Waals surface area (Å²) >= 11 is 5.84. The van der Waals surface area contributed by atoms with E-state index in [2.05, 4.69) is 11.5 Å². The van der Waals surface area contributed by atoms with Crippen LogP contribution in [0.15, 0.2) is 36.5 Å². The van der Waals surface area contributed by atoms with Gasteiger partial charge >= 0.3 is 0 Å². The van der Waals surface area contributed by atoms with Crippen LogP contribution in [0, 0.1) is 0 Å². The topological polar surface area (TPSA) is 29.3 Å². The third kappa shape index (κ3) is 3.57. The Labute approximate surface area is 96.3 Å². The van der Waals surface area contributed by atoms with Crippen LogP contribution < -0.4 is 5.73 Å². The van der Waals surface area contributed by atoms with Crippen molar-refractivity contribution in [2.24, 2.45) is 5.73 Å². The summed E-state index contributed by atoms with van der Waals surface area (Å²) in [6.45, 7) is 4.68. The van der Waals surface area contributed by atoms with Crippen LogP contribution in [0.25, 0.3) is 0 Å². The Balaban J connectivity index is 2.89. The van der Waals surface area contributed by atoms with Gasteiger partial charge in [0.25, 0.3) is 0 Å². The number of benzene rings is 1. The van der Waals surface area contributed by atoms with E-state index in [0.717, 1.165) is 17.1 Å². The molecule has 15 heavy (non-hydrogen) atoms. The molecule has 1 aromatic rings. The van der Waals surface area contributed by atoms with Crippen molar-refractivity contribution in [3.05, 3.63) is 47.1 Å². The van der Waals surface area contributed by atoms with E-state index in [1.54, 1.807) is 0 Å². The molecule has 1 atom stereocenters. The number of hydrogen-bond acceptors (Lipinski definition) is 2. The Morgan fingerprint density at radius 3 is 2.33 bits per heavy atom. The SMILES string of the molecule is C=C(N)[C@H](CN(C)C)c1ccc(Cl)cc1. The summed E-state index contributed by atoms with van der Waals surface area (Å²) in [5, 5.41) is 0.741. The first-order valence-electron chi connectivity index (χ1n) is 4.85.